The normalized spacial score (nSPS) is 16.6. The summed E-state index contributed by atoms with van der Waals surface area (Å²) in [6.07, 6.45) is 1.37. The van der Waals surface area contributed by atoms with Gasteiger partial charge in [-0.15, -0.1) is 0 Å². The van der Waals surface area contributed by atoms with Crippen LogP contribution in [-0.4, -0.2) is 44.3 Å². The Morgan fingerprint density at radius 3 is 2.34 bits per heavy atom. The van der Waals surface area contributed by atoms with Crippen molar-refractivity contribution in [3.63, 3.8) is 0 Å². The molecule has 32 heavy (non-hydrogen) atoms. The number of carbonyl (C=O) groups is 2. The van der Waals surface area contributed by atoms with Crippen LogP contribution in [0.3, 0.4) is 0 Å². The molecule has 0 radical (unpaired) electrons. The molecule has 2 aliphatic heterocycles. The van der Waals surface area contributed by atoms with E-state index in [0.29, 0.717) is 26.1 Å². The molecule has 2 amide bonds. The number of benzene rings is 2. The fourth-order valence-electron chi connectivity index (χ4n) is 4.46. The summed E-state index contributed by atoms with van der Waals surface area (Å²) in [4.78, 5) is 28.6. The van der Waals surface area contributed by atoms with Crippen LogP contribution in [0.1, 0.15) is 37.5 Å². The van der Waals surface area contributed by atoms with Crippen LogP contribution in [0.5, 0.6) is 0 Å². The van der Waals surface area contributed by atoms with E-state index in [9.17, 15) is 18.0 Å². The Hall–Kier alpha value is -2.71. The smallest absolute Gasteiger partial charge is 0.241 e. The summed E-state index contributed by atoms with van der Waals surface area (Å²) in [5.74, 6) is -0.481. The van der Waals surface area contributed by atoms with Crippen molar-refractivity contribution in [2.24, 2.45) is 5.92 Å². The zero-order chi connectivity index (χ0) is 23.0. The summed E-state index contributed by atoms with van der Waals surface area (Å²) in [6.45, 7) is 6.79. The molecule has 0 saturated heterocycles. The average Bonchev–Trinajstić information content (AvgIpc) is 3.20. The molecule has 2 aromatic rings. The third-order valence-corrected chi connectivity index (χ3v) is 7.73. The molecule has 0 fully saturated rings. The molecule has 8 heteroatoms. The Kier molecular flexibility index (Phi) is 6.09. The maximum absolute atomic E-state index is 13.3. The van der Waals surface area contributed by atoms with E-state index in [-0.39, 0.29) is 22.6 Å². The van der Waals surface area contributed by atoms with Crippen LogP contribution in [0.25, 0.3) is 0 Å². The van der Waals surface area contributed by atoms with Gasteiger partial charge in [-0.05, 0) is 53.6 Å². The van der Waals surface area contributed by atoms with E-state index in [1.165, 1.54) is 18.6 Å². The van der Waals surface area contributed by atoms with Crippen LogP contribution in [-0.2, 0) is 39.0 Å². The van der Waals surface area contributed by atoms with Gasteiger partial charge in [0, 0.05) is 32.2 Å². The Morgan fingerprint density at radius 1 is 0.969 bits per heavy atom. The van der Waals surface area contributed by atoms with Crippen molar-refractivity contribution >= 4 is 27.5 Å². The second kappa shape index (κ2) is 8.67. The monoisotopic (exact) mass is 455 g/mol. The maximum Gasteiger partial charge on any atom is 0.241 e. The SMILES string of the molecule is CC(=O)N1CCc2cc(S(=O)(=O)NC(C(=O)N3CCc4ccccc4C3)C(C)C)ccc21. The first kappa shape index (κ1) is 22.5. The van der Waals surface area contributed by atoms with Gasteiger partial charge in [0.1, 0.15) is 6.04 Å². The van der Waals surface area contributed by atoms with E-state index < -0.39 is 16.1 Å². The molecule has 7 nitrogen and oxygen atoms in total. The van der Waals surface area contributed by atoms with Gasteiger partial charge in [0.05, 0.1) is 4.90 Å². The number of carbonyl (C=O) groups excluding carboxylic acids is 2. The van der Waals surface area contributed by atoms with E-state index in [2.05, 4.69) is 10.8 Å². The number of fused-ring (bicyclic) bond motifs is 2. The van der Waals surface area contributed by atoms with Crippen LogP contribution in [0, 0.1) is 5.92 Å². The predicted molar refractivity (Wildman–Crippen MR) is 123 cm³/mol. The fraction of sp³-hybridized carbons (Fsp3) is 0.417. The van der Waals surface area contributed by atoms with Gasteiger partial charge in [-0.2, -0.15) is 4.72 Å². The van der Waals surface area contributed by atoms with Crippen molar-refractivity contribution < 1.29 is 18.0 Å². The van der Waals surface area contributed by atoms with E-state index in [4.69, 9.17) is 0 Å². The van der Waals surface area contributed by atoms with Gasteiger partial charge >= 0.3 is 0 Å². The molecule has 1 N–H and O–H groups in total. The molecule has 0 spiro atoms. The lowest BCUT2D eigenvalue weighted by Gasteiger charge is -2.33. The summed E-state index contributed by atoms with van der Waals surface area (Å²) < 4.78 is 29.0. The summed E-state index contributed by atoms with van der Waals surface area (Å²) in [5.41, 5.74) is 3.91. The molecule has 2 aromatic carbocycles. The first-order valence-corrected chi connectivity index (χ1v) is 12.4. The van der Waals surface area contributed by atoms with E-state index in [1.54, 1.807) is 21.9 Å². The number of sulfonamides is 1. The van der Waals surface area contributed by atoms with Gasteiger partial charge in [-0.3, -0.25) is 9.59 Å². The lowest BCUT2D eigenvalue weighted by molar-refractivity contribution is -0.135. The van der Waals surface area contributed by atoms with Crippen LogP contribution in [0.2, 0.25) is 0 Å². The quantitative estimate of drug-likeness (QED) is 0.751. The van der Waals surface area contributed by atoms with Gasteiger partial charge in [-0.1, -0.05) is 38.1 Å². The highest BCUT2D eigenvalue weighted by Crippen LogP contribution is 2.30. The second-order valence-electron chi connectivity index (χ2n) is 8.83. The zero-order valence-electron chi connectivity index (χ0n) is 18.7. The number of hydrogen-bond acceptors (Lipinski definition) is 4. The largest absolute Gasteiger partial charge is 0.337 e. The number of nitrogens with zero attached hydrogens (tertiary/aromatic N) is 2. The Bertz CT molecular complexity index is 1160. The molecular formula is C24H29N3O4S. The maximum atomic E-state index is 13.3. The number of anilines is 1. The van der Waals surface area contributed by atoms with Crippen LogP contribution >= 0.6 is 0 Å². The van der Waals surface area contributed by atoms with E-state index in [0.717, 1.165) is 23.2 Å². The topological polar surface area (TPSA) is 86.8 Å². The fourth-order valence-corrected chi connectivity index (χ4v) is 5.85. The van der Waals surface area contributed by atoms with E-state index >= 15 is 0 Å². The van der Waals surface area contributed by atoms with Crippen molar-refractivity contribution in [2.75, 3.05) is 18.0 Å². The Labute approximate surface area is 189 Å². The highest BCUT2D eigenvalue weighted by Gasteiger charge is 2.33. The first-order valence-electron chi connectivity index (χ1n) is 11.0. The second-order valence-corrected chi connectivity index (χ2v) is 10.5. The number of hydrogen-bond donors (Lipinski definition) is 1. The molecule has 1 atom stereocenters. The highest BCUT2D eigenvalue weighted by atomic mass is 32.2. The molecule has 4 rings (SSSR count). The van der Waals surface area contributed by atoms with Crippen molar-refractivity contribution in [3.05, 3.63) is 59.2 Å². The highest BCUT2D eigenvalue weighted by molar-refractivity contribution is 7.89. The van der Waals surface area contributed by atoms with E-state index in [1.807, 2.05) is 32.0 Å². The molecule has 0 bridgehead atoms. The average molecular weight is 456 g/mol. The summed E-state index contributed by atoms with van der Waals surface area (Å²) in [7, 11) is -3.91. The van der Waals surface area contributed by atoms with Gasteiger partial charge in [0.2, 0.25) is 21.8 Å². The standard InChI is InChI=1S/C24H29N3O4S/c1-16(2)23(24(29)26-12-10-18-6-4-5-7-20(18)15-26)25-32(30,31)21-8-9-22-19(14-21)11-13-27(22)17(3)28/h4-9,14,16,23,25H,10-13,15H2,1-3H3. The minimum atomic E-state index is -3.91. The van der Waals surface area contributed by atoms with Crippen LogP contribution in [0.15, 0.2) is 47.4 Å². The Morgan fingerprint density at radius 2 is 1.66 bits per heavy atom. The third-order valence-electron chi connectivity index (χ3n) is 6.29. The molecule has 1 unspecified atom stereocenters. The molecule has 2 heterocycles. The van der Waals surface area contributed by atoms with Crippen molar-refractivity contribution in [2.45, 2.75) is 51.1 Å². The minimum Gasteiger partial charge on any atom is -0.337 e. The zero-order valence-corrected chi connectivity index (χ0v) is 19.5. The van der Waals surface area contributed by atoms with Crippen molar-refractivity contribution in [1.82, 2.24) is 9.62 Å². The molecule has 0 saturated carbocycles. The molecule has 0 aliphatic carbocycles. The molecule has 170 valence electrons. The van der Waals surface area contributed by atoms with Gasteiger partial charge < -0.3 is 9.80 Å². The molecular weight excluding hydrogens is 426 g/mol. The summed E-state index contributed by atoms with van der Waals surface area (Å²) >= 11 is 0. The molecule has 2 aliphatic rings. The van der Waals surface area contributed by atoms with Gasteiger partial charge in [-0.25, -0.2) is 8.42 Å². The number of nitrogens with one attached hydrogen (secondary N) is 1. The summed E-state index contributed by atoms with van der Waals surface area (Å²) in [6, 6.07) is 12.0. The van der Waals surface area contributed by atoms with Crippen molar-refractivity contribution in [3.8, 4) is 0 Å². The first-order chi connectivity index (χ1) is 15.2. The summed E-state index contributed by atoms with van der Waals surface area (Å²) in [5, 5.41) is 0. The van der Waals surface area contributed by atoms with Crippen molar-refractivity contribution in [1.29, 1.82) is 0 Å². The van der Waals surface area contributed by atoms with Crippen LogP contribution < -0.4 is 9.62 Å². The van der Waals surface area contributed by atoms with Gasteiger partial charge in [0.25, 0.3) is 0 Å². The minimum absolute atomic E-state index is 0.0638. The van der Waals surface area contributed by atoms with Gasteiger partial charge in [0.15, 0.2) is 0 Å². The number of amides is 2. The lowest BCUT2D eigenvalue weighted by Crippen LogP contribution is -2.52. The lowest BCUT2D eigenvalue weighted by atomic mass is 9.97. The van der Waals surface area contributed by atoms with Crippen LogP contribution in [0.4, 0.5) is 5.69 Å². The third kappa shape index (κ3) is 4.29. The number of rotatable bonds is 5. The predicted octanol–water partition coefficient (Wildman–Crippen LogP) is 2.48. The Balaban J connectivity index is 1.54. The molecule has 0 aromatic heterocycles.